The summed E-state index contributed by atoms with van der Waals surface area (Å²) >= 11 is 0.866. The molecule has 134 valence electrons. The van der Waals surface area contributed by atoms with Crippen LogP contribution in [0.1, 0.15) is 30.0 Å². The van der Waals surface area contributed by atoms with Crippen molar-refractivity contribution in [2.24, 2.45) is 7.05 Å². The van der Waals surface area contributed by atoms with Gasteiger partial charge in [0.05, 0.1) is 5.25 Å². The smallest absolute Gasteiger partial charge is 0.325 e. The van der Waals surface area contributed by atoms with Gasteiger partial charge in [0.2, 0.25) is 11.7 Å². The lowest BCUT2D eigenvalue weighted by atomic mass is 10.1. The average Bonchev–Trinajstić information content (AvgIpc) is 2.88. The molecule has 1 amide bonds. The van der Waals surface area contributed by atoms with Crippen LogP contribution in [0.25, 0.3) is 0 Å². The third kappa shape index (κ3) is 4.59. The summed E-state index contributed by atoms with van der Waals surface area (Å²) in [6.45, 7) is 2.98. The molecule has 0 aliphatic rings. The van der Waals surface area contributed by atoms with Crippen molar-refractivity contribution in [1.82, 2.24) is 14.8 Å². The molecule has 2 rings (SSSR count). The van der Waals surface area contributed by atoms with E-state index in [0.717, 1.165) is 16.3 Å². The van der Waals surface area contributed by atoms with Gasteiger partial charge in [-0.05, 0) is 38.1 Å². The number of halogens is 3. The van der Waals surface area contributed by atoms with Crippen LogP contribution in [0, 0.1) is 0 Å². The van der Waals surface area contributed by atoms with E-state index in [1.54, 1.807) is 31.2 Å². The molecule has 10 heteroatoms. The van der Waals surface area contributed by atoms with Gasteiger partial charge in [-0.15, -0.1) is 10.2 Å². The number of alkyl halides is 3. The number of benzene rings is 1. The van der Waals surface area contributed by atoms with Gasteiger partial charge in [-0.25, -0.2) is 0 Å². The molecule has 6 nitrogen and oxygen atoms in total. The molecule has 1 N–H and O–H groups in total. The number of hydrogen-bond donors (Lipinski definition) is 1. The molecule has 0 bridgehead atoms. The number of ketones is 1. The fourth-order valence-corrected chi connectivity index (χ4v) is 2.72. The Hall–Kier alpha value is -2.36. The fourth-order valence-electron chi connectivity index (χ4n) is 1.91. The first kappa shape index (κ1) is 19.0. The van der Waals surface area contributed by atoms with Crippen molar-refractivity contribution in [2.75, 3.05) is 5.32 Å². The van der Waals surface area contributed by atoms with Crippen LogP contribution in [0.3, 0.4) is 0 Å². The highest BCUT2D eigenvalue weighted by Gasteiger charge is 2.37. The fraction of sp³-hybridized carbons (Fsp3) is 0.333. The molecule has 25 heavy (non-hydrogen) atoms. The van der Waals surface area contributed by atoms with E-state index in [9.17, 15) is 22.8 Å². The van der Waals surface area contributed by atoms with Crippen LogP contribution in [-0.2, 0) is 18.0 Å². The number of nitrogens with zero attached hydrogens (tertiary/aromatic N) is 3. The van der Waals surface area contributed by atoms with Gasteiger partial charge in [0.1, 0.15) is 0 Å². The highest BCUT2D eigenvalue weighted by atomic mass is 32.2. The van der Waals surface area contributed by atoms with Crippen molar-refractivity contribution in [1.29, 1.82) is 0 Å². The lowest BCUT2D eigenvalue weighted by Crippen LogP contribution is -2.23. The normalized spacial score (nSPS) is 12.7. The standard InChI is InChI=1S/C15H15F3N4O2S/c1-8(23)10-4-6-11(7-5-10)19-12(24)9(2)25-14-21-20-13(22(14)3)15(16,17)18/h4-7,9H,1-3H3,(H,19,24)/t9-/m1/s1. The molecule has 0 spiro atoms. The van der Waals surface area contributed by atoms with Crippen LogP contribution < -0.4 is 5.32 Å². The molecule has 1 atom stereocenters. The average molecular weight is 372 g/mol. The Bertz CT molecular complexity index is 787. The minimum absolute atomic E-state index is 0.0121. The maximum Gasteiger partial charge on any atom is 0.451 e. The number of amides is 1. The number of Topliss-reactive ketones (excluding diaryl/α,β-unsaturated/α-hetero) is 1. The highest BCUT2D eigenvalue weighted by Crippen LogP contribution is 2.31. The first-order valence-corrected chi connectivity index (χ1v) is 8.02. The van der Waals surface area contributed by atoms with Crippen LogP contribution >= 0.6 is 11.8 Å². The quantitative estimate of drug-likeness (QED) is 0.644. The maximum absolute atomic E-state index is 12.7. The van der Waals surface area contributed by atoms with Gasteiger partial charge < -0.3 is 9.88 Å². The minimum Gasteiger partial charge on any atom is -0.325 e. The van der Waals surface area contributed by atoms with Crippen LogP contribution in [-0.4, -0.2) is 31.7 Å². The summed E-state index contributed by atoms with van der Waals surface area (Å²) < 4.78 is 38.9. The van der Waals surface area contributed by atoms with E-state index in [2.05, 4.69) is 15.5 Å². The van der Waals surface area contributed by atoms with Crippen LogP contribution in [0.4, 0.5) is 18.9 Å². The molecule has 0 saturated heterocycles. The number of aromatic nitrogens is 3. The molecule has 1 heterocycles. The van der Waals surface area contributed by atoms with Gasteiger partial charge in [0.25, 0.3) is 0 Å². The lowest BCUT2D eigenvalue weighted by molar-refractivity contribution is -0.147. The molecule has 1 aromatic carbocycles. The Labute approximate surface area is 145 Å². The van der Waals surface area contributed by atoms with E-state index in [-0.39, 0.29) is 10.9 Å². The second-order valence-electron chi connectivity index (χ2n) is 5.25. The second kappa shape index (κ2) is 7.26. The number of hydrogen-bond acceptors (Lipinski definition) is 5. The predicted molar refractivity (Wildman–Crippen MR) is 86.4 cm³/mol. The van der Waals surface area contributed by atoms with Gasteiger partial charge in [0.15, 0.2) is 10.9 Å². The third-order valence-corrected chi connectivity index (χ3v) is 4.43. The van der Waals surface area contributed by atoms with Crippen LogP contribution in [0.2, 0.25) is 0 Å². The van der Waals surface area contributed by atoms with Gasteiger partial charge in [-0.3, -0.25) is 9.59 Å². The first-order valence-electron chi connectivity index (χ1n) is 7.14. The van der Waals surface area contributed by atoms with E-state index >= 15 is 0 Å². The van der Waals surface area contributed by atoms with Crippen molar-refractivity contribution < 1.29 is 22.8 Å². The van der Waals surface area contributed by atoms with E-state index in [1.165, 1.54) is 14.0 Å². The molecular weight excluding hydrogens is 357 g/mol. The maximum atomic E-state index is 12.7. The molecule has 0 aliphatic heterocycles. The zero-order valence-corrected chi connectivity index (χ0v) is 14.4. The van der Waals surface area contributed by atoms with Crippen molar-refractivity contribution in [3.63, 3.8) is 0 Å². The summed E-state index contributed by atoms with van der Waals surface area (Å²) in [7, 11) is 1.19. The largest absolute Gasteiger partial charge is 0.451 e. The molecule has 0 radical (unpaired) electrons. The first-order chi connectivity index (χ1) is 11.6. The Morgan fingerprint density at radius 2 is 1.80 bits per heavy atom. The Kier molecular flexibility index (Phi) is 5.51. The molecule has 0 aliphatic carbocycles. The highest BCUT2D eigenvalue weighted by molar-refractivity contribution is 8.00. The zero-order chi connectivity index (χ0) is 18.8. The Morgan fingerprint density at radius 1 is 1.20 bits per heavy atom. The summed E-state index contributed by atoms with van der Waals surface area (Å²) in [5, 5.41) is 8.52. The van der Waals surface area contributed by atoms with Crippen molar-refractivity contribution in [3.05, 3.63) is 35.7 Å². The molecular formula is C15H15F3N4O2S. The Balaban J connectivity index is 2.03. The van der Waals surface area contributed by atoms with Crippen molar-refractivity contribution >= 4 is 29.1 Å². The number of anilines is 1. The summed E-state index contributed by atoms with van der Waals surface area (Å²) in [5.41, 5.74) is 0.996. The van der Waals surface area contributed by atoms with E-state index in [0.29, 0.717) is 11.3 Å². The van der Waals surface area contributed by atoms with E-state index in [4.69, 9.17) is 0 Å². The Morgan fingerprint density at radius 3 is 2.28 bits per heavy atom. The summed E-state index contributed by atoms with van der Waals surface area (Å²) in [6.07, 6.45) is -4.61. The summed E-state index contributed by atoms with van der Waals surface area (Å²) in [4.78, 5) is 23.4. The summed E-state index contributed by atoms with van der Waals surface area (Å²) in [5.74, 6) is -1.62. The molecule has 0 fully saturated rings. The minimum atomic E-state index is -4.61. The van der Waals surface area contributed by atoms with Gasteiger partial charge >= 0.3 is 6.18 Å². The topological polar surface area (TPSA) is 76.9 Å². The van der Waals surface area contributed by atoms with Crippen LogP contribution in [0.5, 0.6) is 0 Å². The molecule has 0 unspecified atom stereocenters. The van der Waals surface area contributed by atoms with Crippen molar-refractivity contribution in [2.45, 2.75) is 30.4 Å². The summed E-state index contributed by atoms with van der Waals surface area (Å²) in [6, 6.07) is 6.31. The molecule has 0 saturated carbocycles. The lowest BCUT2D eigenvalue weighted by Gasteiger charge is -2.12. The van der Waals surface area contributed by atoms with Crippen LogP contribution in [0.15, 0.2) is 29.4 Å². The predicted octanol–water partition coefficient (Wildman–Crippen LogP) is 3.16. The SMILES string of the molecule is CC(=O)c1ccc(NC(=O)[C@@H](C)Sc2nnc(C(F)(F)F)n2C)cc1. The second-order valence-corrected chi connectivity index (χ2v) is 6.55. The van der Waals surface area contributed by atoms with Gasteiger partial charge in [0, 0.05) is 18.3 Å². The number of carbonyl (C=O) groups is 2. The zero-order valence-electron chi connectivity index (χ0n) is 13.6. The number of rotatable bonds is 5. The third-order valence-electron chi connectivity index (χ3n) is 3.30. The van der Waals surface area contributed by atoms with Gasteiger partial charge in [-0.2, -0.15) is 13.2 Å². The number of thioether (sulfide) groups is 1. The van der Waals surface area contributed by atoms with E-state index in [1.807, 2.05) is 0 Å². The van der Waals surface area contributed by atoms with E-state index < -0.39 is 23.2 Å². The number of nitrogens with one attached hydrogen (secondary N) is 1. The molecule has 2 aromatic rings. The van der Waals surface area contributed by atoms with Crippen molar-refractivity contribution in [3.8, 4) is 0 Å². The monoisotopic (exact) mass is 372 g/mol. The number of carbonyl (C=O) groups excluding carboxylic acids is 2. The molecule has 1 aromatic heterocycles. The van der Waals surface area contributed by atoms with Gasteiger partial charge in [-0.1, -0.05) is 11.8 Å².